The molecular weight excluding hydrogens is 208 g/mol. The van der Waals surface area contributed by atoms with Crippen LogP contribution in [0.5, 0.6) is 0 Å². The van der Waals surface area contributed by atoms with Crippen molar-refractivity contribution in [3.63, 3.8) is 0 Å². The first-order chi connectivity index (χ1) is 6.41. The molecule has 0 bridgehead atoms. The summed E-state index contributed by atoms with van der Waals surface area (Å²) in [5, 5.41) is 7.69. The van der Waals surface area contributed by atoms with Crippen molar-refractivity contribution < 1.29 is 22.9 Å². The third-order valence-corrected chi connectivity index (χ3v) is 4.04. The zero-order chi connectivity index (χ0) is 10.8. The minimum Gasteiger partial charge on any atom is -0.481 e. The molecule has 1 rings (SSSR count). The number of hydrogen-bond acceptors (Lipinski definition) is 3. The minimum absolute atomic E-state index is 0.176. The molecule has 0 aromatic rings. The lowest BCUT2D eigenvalue weighted by atomic mass is 9.86. The minimum atomic E-state index is -4.08. The van der Waals surface area contributed by atoms with Crippen molar-refractivity contribution in [2.45, 2.75) is 37.4 Å². The number of aliphatic carboxylic acids is 1. The Bertz CT molecular complexity index is 308. The second-order valence-corrected chi connectivity index (χ2v) is 5.33. The van der Waals surface area contributed by atoms with Gasteiger partial charge in [0.15, 0.2) is 0 Å². The van der Waals surface area contributed by atoms with E-state index in [0.29, 0.717) is 12.8 Å². The quantitative estimate of drug-likeness (QED) is 0.692. The summed E-state index contributed by atoms with van der Waals surface area (Å²) < 4.78 is 30.8. The van der Waals surface area contributed by atoms with E-state index in [1.54, 1.807) is 0 Å². The molecule has 82 valence electrons. The highest BCUT2D eigenvalue weighted by Gasteiger charge is 2.35. The van der Waals surface area contributed by atoms with Crippen LogP contribution in [0.2, 0.25) is 0 Å². The third kappa shape index (κ3) is 2.95. The van der Waals surface area contributed by atoms with Crippen LogP contribution in [0.4, 0.5) is 0 Å². The Balaban J connectivity index is 2.74. The van der Waals surface area contributed by atoms with E-state index in [9.17, 15) is 13.2 Å². The highest BCUT2D eigenvalue weighted by Crippen LogP contribution is 2.31. The van der Waals surface area contributed by atoms with Crippen molar-refractivity contribution >= 4 is 16.1 Å². The van der Waals surface area contributed by atoms with Crippen LogP contribution in [0.15, 0.2) is 0 Å². The predicted octanol–water partition coefficient (Wildman–Crippen LogP) is 0.908. The van der Waals surface area contributed by atoms with Crippen molar-refractivity contribution in [3.8, 4) is 0 Å². The van der Waals surface area contributed by atoms with Gasteiger partial charge in [-0.15, -0.1) is 0 Å². The largest absolute Gasteiger partial charge is 0.481 e. The maximum atomic E-state index is 10.9. The summed E-state index contributed by atoms with van der Waals surface area (Å²) in [6.45, 7) is 0. The highest BCUT2D eigenvalue weighted by molar-refractivity contribution is 7.86. The molecule has 2 N–H and O–H groups in total. The topological polar surface area (TPSA) is 91.7 Å². The molecule has 1 saturated carbocycles. The maximum absolute atomic E-state index is 10.9. The first-order valence-corrected chi connectivity index (χ1v) is 6.09. The fraction of sp³-hybridized carbons (Fsp3) is 0.875. The van der Waals surface area contributed by atoms with Crippen molar-refractivity contribution in [2.75, 3.05) is 0 Å². The van der Waals surface area contributed by atoms with Crippen molar-refractivity contribution in [3.05, 3.63) is 0 Å². The van der Waals surface area contributed by atoms with E-state index < -0.39 is 27.3 Å². The predicted molar refractivity (Wildman–Crippen MR) is 49.5 cm³/mol. The van der Waals surface area contributed by atoms with Crippen LogP contribution in [0.25, 0.3) is 0 Å². The van der Waals surface area contributed by atoms with Gasteiger partial charge in [-0.05, 0) is 18.8 Å². The van der Waals surface area contributed by atoms with Gasteiger partial charge in [-0.2, -0.15) is 8.42 Å². The number of hydrogen-bond donors (Lipinski definition) is 2. The lowest BCUT2D eigenvalue weighted by Crippen LogP contribution is -2.33. The van der Waals surface area contributed by atoms with Crippen LogP contribution in [0.3, 0.4) is 0 Å². The summed E-state index contributed by atoms with van der Waals surface area (Å²) >= 11 is 0. The normalized spacial score (nSPS) is 28.6. The molecule has 2 atom stereocenters. The maximum Gasteiger partial charge on any atom is 0.303 e. The molecule has 6 heteroatoms. The molecule has 0 amide bonds. The van der Waals surface area contributed by atoms with Crippen molar-refractivity contribution in [1.29, 1.82) is 0 Å². The number of carbonyl (C=O) groups is 1. The van der Waals surface area contributed by atoms with Crippen LogP contribution >= 0.6 is 0 Å². The Morgan fingerprint density at radius 2 is 1.86 bits per heavy atom. The molecule has 0 saturated heterocycles. The van der Waals surface area contributed by atoms with Gasteiger partial charge in [0.05, 0.1) is 5.25 Å². The van der Waals surface area contributed by atoms with Gasteiger partial charge in [0, 0.05) is 6.42 Å². The van der Waals surface area contributed by atoms with Crippen LogP contribution in [0, 0.1) is 5.92 Å². The van der Waals surface area contributed by atoms with Gasteiger partial charge in [0.1, 0.15) is 0 Å². The zero-order valence-electron chi connectivity index (χ0n) is 7.72. The fourth-order valence-corrected chi connectivity index (χ4v) is 3.21. The molecule has 5 nitrogen and oxygen atoms in total. The van der Waals surface area contributed by atoms with Crippen LogP contribution in [-0.4, -0.2) is 29.3 Å². The molecule has 1 aliphatic carbocycles. The molecule has 0 spiro atoms. The van der Waals surface area contributed by atoms with Crippen LogP contribution in [-0.2, 0) is 14.9 Å². The Morgan fingerprint density at radius 1 is 1.29 bits per heavy atom. The van der Waals surface area contributed by atoms with E-state index in [-0.39, 0.29) is 6.42 Å². The summed E-state index contributed by atoms with van der Waals surface area (Å²) in [6.07, 6.45) is 2.34. The summed E-state index contributed by atoms with van der Waals surface area (Å²) in [7, 11) is -4.08. The Kier molecular flexibility index (Phi) is 3.49. The highest BCUT2D eigenvalue weighted by atomic mass is 32.2. The molecule has 0 heterocycles. The zero-order valence-corrected chi connectivity index (χ0v) is 8.53. The second kappa shape index (κ2) is 4.27. The average Bonchev–Trinajstić information content (AvgIpc) is 2.01. The number of carboxylic acid groups (broad SMARTS) is 1. The SMILES string of the molecule is O=C(O)CC1CCCCC1S(=O)(=O)O. The Hall–Kier alpha value is -0.620. The van der Waals surface area contributed by atoms with Crippen LogP contribution in [0.1, 0.15) is 32.1 Å². The monoisotopic (exact) mass is 222 g/mol. The molecule has 1 aliphatic rings. The lowest BCUT2D eigenvalue weighted by Gasteiger charge is -2.27. The van der Waals surface area contributed by atoms with Gasteiger partial charge in [0.25, 0.3) is 10.1 Å². The molecule has 14 heavy (non-hydrogen) atoms. The Morgan fingerprint density at radius 3 is 2.36 bits per heavy atom. The Labute approximate surface area is 82.9 Å². The molecule has 0 radical (unpaired) electrons. The average molecular weight is 222 g/mol. The first kappa shape index (κ1) is 11.5. The molecule has 0 aliphatic heterocycles. The fourth-order valence-electron chi connectivity index (χ4n) is 2.02. The molecule has 0 aromatic heterocycles. The van der Waals surface area contributed by atoms with E-state index in [4.69, 9.17) is 9.66 Å². The molecule has 1 fully saturated rings. The summed E-state index contributed by atoms with van der Waals surface area (Å²) in [5.41, 5.74) is 0. The van der Waals surface area contributed by atoms with E-state index in [0.717, 1.165) is 12.8 Å². The molecule has 0 aromatic carbocycles. The van der Waals surface area contributed by atoms with E-state index in [1.165, 1.54) is 0 Å². The molecule has 2 unspecified atom stereocenters. The van der Waals surface area contributed by atoms with Gasteiger partial charge < -0.3 is 5.11 Å². The number of rotatable bonds is 3. The van der Waals surface area contributed by atoms with E-state index >= 15 is 0 Å². The smallest absolute Gasteiger partial charge is 0.303 e. The van der Waals surface area contributed by atoms with E-state index in [2.05, 4.69) is 0 Å². The van der Waals surface area contributed by atoms with Gasteiger partial charge in [0.2, 0.25) is 0 Å². The molecular formula is C8H14O5S. The van der Waals surface area contributed by atoms with Gasteiger partial charge in [-0.3, -0.25) is 9.35 Å². The standard InChI is InChI=1S/C8H14O5S/c9-8(10)5-6-3-1-2-4-7(6)14(11,12)13/h6-7H,1-5H2,(H,9,10)(H,11,12,13). The van der Waals surface area contributed by atoms with Crippen molar-refractivity contribution in [2.24, 2.45) is 5.92 Å². The van der Waals surface area contributed by atoms with Gasteiger partial charge in [-0.1, -0.05) is 12.8 Å². The van der Waals surface area contributed by atoms with Crippen LogP contribution < -0.4 is 0 Å². The lowest BCUT2D eigenvalue weighted by molar-refractivity contribution is -0.138. The summed E-state index contributed by atoms with van der Waals surface area (Å²) in [6, 6.07) is 0. The van der Waals surface area contributed by atoms with E-state index in [1.807, 2.05) is 0 Å². The third-order valence-electron chi connectivity index (χ3n) is 2.66. The second-order valence-electron chi connectivity index (χ2n) is 3.70. The summed E-state index contributed by atoms with van der Waals surface area (Å²) in [4.78, 5) is 10.5. The van der Waals surface area contributed by atoms with Crippen molar-refractivity contribution in [1.82, 2.24) is 0 Å². The number of carboxylic acids is 1. The first-order valence-electron chi connectivity index (χ1n) is 4.59. The van der Waals surface area contributed by atoms with Gasteiger partial charge in [-0.25, -0.2) is 0 Å². The summed E-state index contributed by atoms with van der Waals surface area (Å²) in [5.74, 6) is -1.44. The van der Waals surface area contributed by atoms with Gasteiger partial charge >= 0.3 is 5.97 Å².